The molecule has 0 amide bonds. The van der Waals surface area contributed by atoms with Crippen LogP contribution in [0, 0.1) is 6.92 Å². The first-order valence-corrected chi connectivity index (χ1v) is 14.0. The SMILES string of the molecule is CC1=CC(C)(C)N(C)c2ccc([C@@H]3[C@@H](c4ccccn4)NC(=S)N3c3ccc(Oc4ccc(C)cc4)cc3)cc21. The molecule has 0 bridgehead atoms. The Bertz CT molecular complexity index is 1580. The molecule has 0 unspecified atom stereocenters. The second kappa shape index (κ2) is 10.1. The summed E-state index contributed by atoms with van der Waals surface area (Å²) in [5.74, 6) is 1.60. The van der Waals surface area contributed by atoms with Gasteiger partial charge in [-0.3, -0.25) is 4.98 Å². The van der Waals surface area contributed by atoms with Gasteiger partial charge in [-0.15, -0.1) is 0 Å². The van der Waals surface area contributed by atoms with E-state index in [-0.39, 0.29) is 17.6 Å². The fourth-order valence-corrected chi connectivity index (χ4v) is 6.10. The van der Waals surface area contributed by atoms with Crippen LogP contribution in [-0.2, 0) is 0 Å². The highest BCUT2D eigenvalue weighted by molar-refractivity contribution is 7.80. The number of nitrogens with one attached hydrogen (secondary N) is 1. The molecular weight excluding hydrogens is 512 g/mol. The van der Waals surface area contributed by atoms with Crippen molar-refractivity contribution in [2.75, 3.05) is 16.8 Å². The molecular formula is C34H34N4OS. The summed E-state index contributed by atoms with van der Waals surface area (Å²) in [6, 6.07) is 28.9. The second-order valence-electron chi connectivity index (χ2n) is 11.2. The molecule has 3 aromatic carbocycles. The van der Waals surface area contributed by atoms with Gasteiger partial charge in [0.05, 0.1) is 23.3 Å². The number of ether oxygens (including phenoxy) is 1. The highest BCUT2D eigenvalue weighted by Gasteiger charge is 2.41. The number of anilines is 2. The zero-order valence-corrected chi connectivity index (χ0v) is 24.4. The first-order valence-electron chi connectivity index (χ1n) is 13.6. The summed E-state index contributed by atoms with van der Waals surface area (Å²) in [7, 11) is 2.16. The zero-order valence-electron chi connectivity index (χ0n) is 23.6. The molecule has 1 saturated heterocycles. The Morgan fingerprint density at radius 3 is 2.27 bits per heavy atom. The number of likely N-dealkylation sites (N-methyl/N-ethyl adjacent to an activating group) is 1. The van der Waals surface area contributed by atoms with E-state index in [2.05, 4.69) is 104 Å². The van der Waals surface area contributed by atoms with Gasteiger partial charge in [0.2, 0.25) is 0 Å². The van der Waals surface area contributed by atoms with Crippen molar-refractivity contribution in [3.05, 3.63) is 120 Å². The quantitative estimate of drug-likeness (QED) is 0.256. The molecule has 4 aromatic rings. The first kappa shape index (κ1) is 26.1. The lowest BCUT2D eigenvalue weighted by atomic mass is 9.86. The molecule has 1 N–H and O–H groups in total. The number of fused-ring (bicyclic) bond motifs is 1. The number of allylic oxidation sites excluding steroid dienone is 1. The molecule has 0 spiro atoms. The van der Waals surface area contributed by atoms with Gasteiger partial charge in [0.1, 0.15) is 11.5 Å². The number of thiocarbonyl (C=S) groups is 1. The number of nitrogens with zero attached hydrogens (tertiary/aromatic N) is 3. The minimum absolute atomic E-state index is 0.0417. The summed E-state index contributed by atoms with van der Waals surface area (Å²) < 4.78 is 6.09. The van der Waals surface area contributed by atoms with Crippen molar-refractivity contribution in [2.45, 2.75) is 45.3 Å². The van der Waals surface area contributed by atoms with Crippen LogP contribution in [-0.4, -0.2) is 22.7 Å². The molecule has 6 heteroatoms. The summed E-state index contributed by atoms with van der Waals surface area (Å²) >= 11 is 5.96. The molecule has 202 valence electrons. The lowest BCUT2D eigenvalue weighted by molar-refractivity contribution is 0.482. The largest absolute Gasteiger partial charge is 0.457 e. The van der Waals surface area contributed by atoms with Gasteiger partial charge in [0, 0.05) is 30.2 Å². The highest BCUT2D eigenvalue weighted by Crippen LogP contribution is 2.45. The van der Waals surface area contributed by atoms with Gasteiger partial charge in [-0.1, -0.05) is 35.9 Å². The molecule has 1 fully saturated rings. The van der Waals surface area contributed by atoms with Crippen LogP contribution in [0.4, 0.5) is 11.4 Å². The smallest absolute Gasteiger partial charge is 0.174 e. The van der Waals surface area contributed by atoms with E-state index in [1.165, 1.54) is 28.0 Å². The standard InChI is InChI=1S/C34H34N4OS/c1-22-9-14-26(15-10-22)39-27-16-12-25(13-17-27)38-32(31(36-33(38)40)29-8-6-7-19-35-29)24-11-18-30-28(20-24)23(2)21-34(3,4)37(30)5/h6-21,31-32H,1-5H3,(H,36,40)/t31-,32-/m1/s1. The van der Waals surface area contributed by atoms with Crippen molar-refractivity contribution in [1.82, 2.24) is 10.3 Å². The summed E-state index contributed by atoms with van der Waals surface area (Å²) in [6.07, 6.45) is 4.19. The summed E-state index contributed by atoms with van der Waals surface area (Å²) in [5, 5.41) is 4.26. The van der Waals surface area contributed by atoms with Gasteiger partial charge in [0.25, 0.3) is 0 Å². The van der Waals surface area contributed by atoms with Crippen LogP contribution in [0.3, 0.4) is 0 Å². The summed E-state index contributed by atoms with van der Waals surface area (Å²) in [5.41, 5.74) is 8.07. The maximum absolute atomic E-state index is 6.09. The minimum Gasteiger partial charge on any atom is -0.457 e. The van der Waals surface area contributed by atoms with Gasteiger partial charge < -0.3 is 19.9 Å². The van der Waals surface area contributed by atoms with Crippen LogP contribution >= 0.6 is 12.2 Å². The molecule has 2 aliphatic heterocycles. The van der Waals surface area contributed by atoms with E-state index in [4.69, 9.17) is 21.9 Å². The van der Waals surface area contributed by atoms with E-state index in [1.807, 2.05) is 42.6 Å². The number of hydrogen-bond donors (Lipinski definition) is 1. The number of aromatic nitrogens is 1. The fourth-order valence-electron chi connectivity index (χ4n) is 5.75. The van der Waals surface area contributed by atoms with Crippen LogP contribution in [0.1, 0.15) is 55.2 Å². The molecule has 1 aromatic heterocycles. The molecule has 0 aliphatic carbocycles. The predicted molar refractivity (Wildman–Crippen MR) is 168 cm³/mol. The normalized spacial score (nSPS) is 19.6. The lowest BCUT2D eigenvalue weighted by Gasteiger charge is -2.41. The summed E-state index contributed by atoms with van der Waals surface area (Å²) in [4.78, 5) is 9.27. The second-order valence-corrected chi connectivity index (χ2v) is 11.6. The van der Waals surface area contributed by atoms with Crippen LogP contribution in [0.2, 0.25) is 0 Å². The number of benzene rings is 3. The number of hydrogen-bond acceptors (Lipinski definition) is 4. The minimum atomic E-state index is -0.0997. The summed E-state index contributed by atoms with van der Waals surface area (Å²) in [6.45, 7) is 8.77. The third-order valence-corrected chi connectivity index (χ3v) is 8.37. The zero-order chi connectivity index (χ0) is 28.0. The van der Waals surface area contributed by atoms with E-state index in [0.717, 1.165) is 22.9 Å². The third kappa shape index (κ3) is 4.73. The molecule has 0 radical (unpaired) electrons. The van der Waals surface area contributed by atoms with Gasteiger partial charge in [-0.05, 0) is 112 Å². The third-order valence-electron chi connectivity index (χ3n) is 8.05. The van der Waals surface area contributed by atoms with Gasteiger partial charge >= 0.3 is 0 Å². The number of pyridine rings is 1. The van der Waals surface area contributed by atoms with Crippen LogP contribution < -0.4 is 19.9 Å². The molecule has 6 rings (SSSR count). The first-order chi connectivity index (χ1) is 19.2. The van der Waals surface area contributed by atoms with Crippen molar-refractivity contribution in [3.8, 4) is 11.5 Å². The van der Waals surface area contributed by atoms with Crippen LogP contribution in [0.15, 0.2) is 97.2 Å². The Morgan fingerprint density at radius 1 is 0.900 bits per heavy atom. The van der Waals surface area contributed by atoms with E-state index in [0.29, 0.717) is 5.11 Å². The van der Waals surface area contributed by atoms with Crippen molar-refractivity contribution >= 4 is 34.3 Å². The van der Waals surface area contributed by atoms with Crippen molar-refractivity contribution in [1.29, 1.82) is 0 Å². The van der Waals surface area contributed by atoms with E-state index < -0.39 is 0 Å². The highest BCUT2D eigenvalue weighted by atomic mass is 32.1. The maximum Gasteiger partial charge on any atom is 0.174 e. The molecule has 0 saturated carbocycles. The molecule has 2 atom stereocenters. The Morgan fingerprint density at radius 2 is 1.60 bits per heavy atom. The number of rotatable bonds is 5. The Balaban J connectivity index is 1.39. The van der Waals surface area contributed by atoms with Gasteiger partial charge in [0.15, 0.2) is 5.11 Å². The monoisotopic (exact) mass is 546 g/mol. The molecule has 3 heterocycles. The lowest BCUT2D eigenvalue weighted by Crippen LogP contribution is -2.42. The van der Waals surface area contributed by atoms with Crippen LogP contribution in [0.5, 0.6) is 11.5 Å². The fraction of sp³-hybridized carbons (Fsp3) is 0.235. The average Bonchev–Trinajstić information content (AvgIpc) is 3.30. The molecule has 2 aliphatic rings. The van der Waals surface area contributed by atoms with E-state index in [9.17, 15) is 0 Å². The number of aryl methyl sites for hydroxylation is 1. The van der Waals surface area contributed by atoms with E-state index >= 15 is 0 Å². The van der Waals surface area contributed by atoms with Crippen molar-refractivity contribution < 1.29 is 4.74 Å². The predicted octanol–water partition coefficient (Wildman–Crippen LogP) is 7.99. The van der Waals surface area contributed by atoms with Crippen molar-refractivity contribution in [3.63, 3.8) is 0 Å². The average molecular weight is 547 g/mol. The molecule has 40 heavy (non-hydrogen) atoms. The molecule has 5 nitrogen and oxygen atoms in total. The van der Waals surface area contributed by atoms with E-state index in [1.54, 1.807) is 0 Å². The van der Waals surface area contributed by atoms with Crippen LogP contribution in [0.25, 0.3) is 5.57 Å². The Hall–Kier alpha value is -4.16. The Labute approximate surface area is 242 Å². The van der Waals surface area contributed by atoms with Gasteiger partial charge in [-0.2, -0.15) is 0 Å². The Kier molecular flexibility index (Phi) is 6.59. The topological polar surface area (TPSA) is 40.6 Å². The van der Waals surface area contributed by atoms with Crippen molar-refractivity contribution in [2.24, 2.45) is 0 Å². The maximum atomic E-state index is 6.09. The van der Waals surface area contributed by atoms with Gasteiger partial charge in [-0.25, -0.2) is 0 Å².